The second kappa shape index (κ2) is 6.66. The van der Waals surface area contributed by atoms with Crippen LogP contribution in [-0.2, 0) is 5.75 Å². The van der Waals surface area contributed by atoms with E-state index in [1.54, 1.807) is 0 Å². The van der Waals surface area contributed by atoms with E-state index in [1.807, 2.05) is 23.5 Å². The Bertz CT molecular complexity index is 356. The monoisotopic (exact) mass is 246 g/mol. The molecule has 0 aliphatic carbocycles. The number of hydrogen-bond donors (Lipinski definition) is 0. The molecule has 0 atom stereocenters. The number of benzene rings is 2. The van der Waals surface area contributed by atoms with E-state index in [1.165, 1.54) is 10.5 Å². The Morgan fingerprint density at radius 1 is 0.750 bits per heavy atom. The normalized spacial score (nSPS) is 10.2. The third-order valence-corrected chi connectivity index (χ3v) is 4.44. The lowest BCUT2D eigenvalue weighted by Gasteiger charge is -2.02. The van der Waals surface area contributed by atoms with E-state index >= 15 is 0 Å². The van der Waals surface area contributed by atoms with Crippen molar-refractivity contribution in [1.82, 2.24) is 0 Å². The topological polar surface area (TPSA) is 0 Å². The summed E-state index contributed by atoms with van der Waals surface area (Å²) in [5.41, 5.74) is 1.40. The maximum atomic E-state index is 2.18. The highest BCUT2D eigenvalue weighted by molar-refractivity contribution is 8.15. The lowest BCUT2D eigenvalue weighted by atomic mass is 10.2. The van der Waals surface area contributed by atoms with Crippen molar-refractivity contribution >= 4 is 23.5 Å². The molecule has 0 aliphatic heterocycles. The van der Waals surface area contributed by atoms with Crippen LogP contribution in [0, 0.1) is 0 Å². The molecule has 0 N–H and O–H groups in total. The van der Waals surface area contributed by atoms with E-state index in [9.17, 15) is 0 Å². The molecule has 0 aromatic heterocycles. The maximum Gasteiger partial charge on any atom is 0.0442 e. The van der Waals surface area contributed by atoms with Crippen molar-refractivity contribution in [3.05, 3.63) is 66.2 Å². The summed E-state index contributed by atoms with van der Waals surface area (Å²) in [6.07, 6.45) is 0. The second-order valence-corrected chi connectivity index (χ2v) is 5.81. The molecular formula is C14H14S2. The van der Waals surface area contributed by atoms with Gasteiger partial charge in [-0.3, -0.25) is 0 Å². The third kappa shape index (κ3) is 3.95. The Labute approximate surface area is 105 Å². The third-order valence-electron chi connectivity index (χ3n) is 2.16. The number of thioether (sulfide) groups is 2. The van der Waals surface area contributed by atoms with Gasteiger partial charge in [0.25, 0.3) is 0 Å². The summed E-state index contributed by atoms with van der Waals surface area (Å²) in [5.74, 6) is 1.10. The average Bonchev–Trinajstić information content (AvgIpc) is 2.37. The molecular weight excluding hydrogens is 232 g/mol. The summed E-state index contributed by atoms with van der Waals surface area (Å²) in [5, 5.41) is 1.11. The molecule has 16 heavy (non-hydrogen) atoms. The van der Waals surface area contributed by atoms with Gasteiger partial charge in [-0.1, -0.05) is 48.5 Å². The van der Waals surface area contributed by atoms with Crippen LogP contribution in [0.2, 0.25) is 0 Å². The Morgan fingerprint density at radius 3 is 2.06 bits per heavy atom. The summed E-state index contributed by atoms with van der Waals surface area (Å²) in [7, 11) is 0. The molecule has 0 unspecified atom stereocenters. The standard InChI is InChI=1S/C14H14S2/c1-3-7-13(8-4-1)11-15-12-16-14-9-5-2-6-10-14/h1-10H,11-12H2. The van der Waals surface area contributed by atoms with Crippen LogP contribution in [0.5, 0.6) is 0 Å². The fourth-order valence-electron chi connectivity index (χ4n) is 1.36. The van der Waals surface area contributed by atoms with Crippen LogP contribution >= 0.6 is 23.5 Å². The van der Waals surface area contributed by atoms with Crippen molar-refractivity contribution in [1.29, 1.82) is 0 Å². The highest BCUT2D eigenvalue weighted by atomic mass is 32.2. The Balaban J connectivity index is 1.70. The maximum absolute atomic E-state index is 2.18. The van der Waals surface area contributed by atoms with Gasteiger partial charge in [-0.15, -0.1) is 23.5 Å². The van der Waals surface area contributed by atoms with Crippen molar-refractivity contribution in [3.8, 4) is 0 Å². The van der Waals surface area contributed by atoms with Gasteiger partial charge in [-0.2, -0.15) is 0 Å². The first-order chi connectivity index (χ1) is 7.95. The molecule has 0 saturated carbocycles. The van der Waals surface area contributed by atoms with Crippen LogP contribution < -0.4 is 0 Å². The van der Waals surface area contributed by atoms with Gasteiger partial charge in [0.1, 0.15) is 0 Å². The largest absolute Gasteiger partial charge is 0.146 e. The van der Waals surface area contributed by atoms with Crippen molar-refractivity contribution in [3.63, 3.8) is 0 Å². The minimum atomic E-state index is 1.10. The predicted molar refractivity (Wildman–Crippen MR) is 74.9 cm³/mol. The van der Waals surface area contributed by atoms with Crippen LogP contribution in [0.1, 0.15) is 5.56 Å². The molecule has 0 fully saturated rings. The number of hydrogen-bond acceptors (Lipinski definition) is 2. The van der Waals surface area contributed by atoms with Gasteiger partial charge in [0, 0.05) is 15.7 Å². The molecule has 0 heterocycles. The lowest BCUT2D eigenvalue weighted by molar-refractivity contribution is 1.42. The first-order valence-corrected chi connectivity index (χ1v) is 7.39. The Morgan fingerprint density at radius 2 is 1.38 bits per heavy atom. The quantitative estimate of drug-likeness (QED) is 0.427. The van der Waals surface area contributed by atoms with Crippen LogP contribution in [0.3, 0.4) is 0 Å². The van der Waals surface area contributed by atoms with E-state index in [0.717, 1.165) is 10.8 Å². The minimum absolute atomic E-state index is 1.10. The highest BCUT2D eigenvalue weighted by Crippen LogP contribution is 2.24. The zero-order valence-corrected chi connectivity index (χ0v) is 10.6. The molecule has 0 aliphatic rings. The van der Waals surface area contributed by atoms with E-state index < -0.39 is 0 Å². The van der Waals surface area contributed by atoms with E-state index in [-0.39, 0.29) is 0 Å². The zero-order chi connectivity index (χ0) is 11.1. The van der Waals surface area contributed by atoms with Crippen LogP contribution in [-0.4, -0.2) is 5.08 Å². The summed E-state index contributed by atoms with van der Waals surface area (Å²) >= 11 is 3.87. The van der Waals surface area contributed by atoms with Crippen molar-refractivity contribution in [2.24, 2.45) is 0 Å². The lowest BCUT2D eigenvalue weighted by Crippen LogP contribution is -1.79. The van der Waals surface area contributed by atoms with Gasteiger partial charge in [-0.05, 0) is 17.7 Å². The summed E-state index contributed by atoms with van der Waals surface area (Å²) in [4.78, 5) is 1.35. The molecule has 2 aromatic carbocycles. The van der Waals surface area contributed by atoms with E-state index in [2.05, 4.69) is 60.7 Å². The van der Waals surface area contributed by atoms with Gasteiger partial charge in [0.15, 0.2) is 0 Å². The zero-order valence-electron chi connectivity index (χ0n) is 9.00. The minimum Gasteiger partial charge on any atom is -0.146 e. The molecule has 82 valence electrons. The summed E-state index contributed by atoms with van der Waals surface area (Å²) in [6.45, 7) is 0. The molecule has 0 saturated heterocycles. The molecule has 0 bridgehead atoms. The van der Waals surface area contributed by atoms with E-state index in [0.29, 0.717) is 0 Å². The molecule has 2 aromatic rings. The van der Waals surface area contributed by atoms with E-state index in [4.69, 9.17) is 0 Å². The fourth-order valence-corrected chi connectivity index (χ4v) is 3.35. The molecule has 0 nitrogen and oxygen atoms in total. The summed E-state index contributed by atoms with van der Waals surface area (Å²) in [6, 6.07) is 21.2. The SMILES string of the molecule is c1ccc(CSCSc2ccccc2)cc1. The second-order valence-electron chi connectivity index (χ2n) is 3.41. The fraction of sp³-hybridized carbons (Fsp3) is 0.143. The Kier molecular flexibility index (Phi) is 4.84. The molecule has 2 rings (SSSR count). The first-order valence-electron chi connectivity index (χ1n) is 5.25. The number of rotatable bonds is 5. The molecule has 0 spiro atoms. The first kappa shape index (κ1) is 11.6. The van der Waals surface area contributed by atoms with Crippen LogP contribution in [0.15, 0.2) is 65.6 Å². The smallest absolute Gasteiger partial charge is 0.0442 e. The highest BCUT2D eigenvalue weighted by Gasteiger charge is 1.94. The van der Waals surface area contributed by atoms with Crippen LogP contribution in [0.25, 0.3) is 0 Å². The Hall–Kier alpha value is -0.860. The van der Waals surface area contributed by atoms with Crippen molar-refractivity contribution in [2.45, 2.75) is 10.6 Å². The van der Waals surface area contributed by atoms with Gasteiger partial charge in [0.2, 0.25) is 0 Å². The molecule has 0 amide bonds. The average molecular weight is 246 g/mol. The molecule has 2 heteroatoms. The van der Waals surface area contributed by atoms with Gasteiger partial charge >= 0.3 is 0 Å². The van der Waals surface area contributed by atoms with Crippen LogP contribution in [0.4, 0.5) is 0 Å². The van der Waals surface area contributed by atoms with Crippen molar-refractivity contribution in [2.75, 3.05) is 5.08 Å². The predicted octanol–water partition coefficient (Wildman–Crippen LogP) is 4.67. The van der Waals surface area contributed by atoms with Gasteiger partial charge in [0.05, 0.1) is 0 Å². The van der Waals surface area contributed by atoms with Gasteiger partial charge < -0.3 is 0 Å². The van der Waals surface area contributed by atoms with Gasteiger partial charge in [-0.25, -0.2) is 0 Å². The van der Waals surface area contributed by atoms with Crippen molar-refractivity contribution < 1.29 is 0 Å². The summed E-state index contributed by atoms with van der Waals surface area (Å²) < 4.78 is 0. The molecule has 0 radical (unpaired) electrons.